The van der Waals surface area contributed by atoms with Crippen molar-refractivity contribution in [2.45, 2.75) is 65.0 Å². The lowest BCUT2D eigenvalue weighted by molar-refractivity contribution is 0.0614. The van der Waals surface area contributed by atoms with Gasteiger partial charge in [0.05, 0.1) is 20.3 Å². The van der Waals surface area contributed by atoms with Crippen molar-refractivity contribution in [3.63, 3.8) is 0 Å². The van der Waals surface area contributed by atoms with Crippen molar-refractivity contribution < 1.29 is 28.5 Å². The van der Waals surface area contributed by atoms with E-state index in [0.717, 1.165) is 45.2 Å². The highest BCUT2D eigenvalue weighted by atomic mass is 16.6. The molecule has 1 aromatic rings. The number of carbonyl (C=O) groups excluding carboxylic acids is 2. The molecule has 39 heavy (non-hydrogen) atoms. The van der Waals surface area contributed by atoms with Crippen LogP contribution >= 0.6 is 0 Å². The van der Waals surface area contributed by atoms with Crippen LogP contribution in [-0.2, 0) is 9.47 Å². The van der Waals surface area contributed by atoms with Gasteiger partial charge in [0.15, 0.2) is 11.5 Å². The van der Waals surface area contributed by atoms with Crippen LogP contribution in [0.4, 0.5) is 4.79 Å². The Hall–Kier alpha value is -2.52. The molecule has 1 saturated heterocycles. The summed E-state index contributed by atoms with van der Waals surface area (Å²) in [5.41, 5.74) is 0.752. The van der Waals surface area contributed by atoms with E-state index < -0.39 is 0 Å². The summed E-state index contributed by atoms with van der Waals surface area (Å²) in [6.45, 7) is 10.8. The topological polar surface area (TPSA) is 89.6 Å². The zero-order valence-corrected chi connectivity index (χ0v) is 24.4. The van der Waals surface area contributed by atoms with E-state index in [9.17, 15) is 9.59 Å². The maximum absolute atomic E-state index is 13.7. The second-order valence-corrected chi connectivity index (χ2v) is 12.0. The Bertz CT molecular complexity index is 977. The summed E-state index contributed by atoms with van der Waals surface area (Å²) in [7, 11) is 3.26. The number of nitrogens with zero attached hydrogens (tertiary/aromatic N) is 2. The predicted octanol–water partition coefficient (Wildman–Crippen LogP) is 4.20. The number of ether oxygens (including phenoxy) is 4. The summed E-state index contributed by atoms with van der Waals surface area (Å²) in [6, 6.07) is 5.68. The molecule has 0 unspecified atom stereocenters. The van der Waals surface area contributed by atoms with Crippen molar-refractivity contribution in [2.75, 3.05) is 60.2 Å². The van der Waals surface area contributed by atoms with Crippen molar-refractivity contribution >= 4 is 12.0 Å². The molecule has 0 radical (unpaired) electrons. The fourth-order valence-electron chi connectivity index (χ4n) is 5.16. The summed E-state index contributed by atoms with van der Waals surface area (Å²) >= 11 is 0. The van der Waals surface area contributed by atoms with E-state index in [-0.39, 0.29) is 41.3 Å². The van der Waals surface area contributed by atoms with E-state index in [4.69, 9.17) is 18.9 Å². The zero-order valence-electron chi connectivity index (χ0n) is 24.4. The average Bonchev–Trinajstić information content (AvgIpc) is 3.86. The van der Waals surface area contributed by atoms with Gasteiger partial charge in [-0.05, 0) is 69.6 Å². The molecule has 2 amide bonds. The molecule has 3 fully saturated rings. The number of rotatable bonds is 15. The van der Waals surface area contributed by atoms with Gasteiger partial charge in [0.25, 0.3) is 5.91 Å². The molecule has 2 saturated carbocycles. The minimum Gasteiger partial charge on any atom is -0.493 e. The average molecular weight is 546 g/mol. The Kier molecular flexibility index (Phi) is 9.99. The molecular formula is C30H47N3O6. The smallest absolute Gasteiger partial charge is 0.410 e. The van der Waals surface area contributed by atoms with Crippen LogP contribution < -0.4 is 14.8 Å². The Morgan fingerprint density at radius 3 is 2.38 bits per heavy atom. The van der Waals surface area contributed by atoms with E-state index in [1.54, 1.807) is 32.4 Å². The number of hydrogen-bond donors (Lipinski definition) is 1. The van der Waals surface area contributed by atoms with Crippen LogP contribution in [0.1, 0.15) is 63.2 Å². The summed E-state index contributed by atoms with van der Waals surface area (Å²) in [6.07, 6.45) is 4.92. The van der Waals surface area contributed by atoms with Crippen LogP contribution in [0.5, 0.6) is 11.5 Å². The Morgan fingerprint density at radius 1 is 1.05 bits per heavy atom. The normalized spacial score (nSPS) is 21.5. The van der Waals surface area contributed by atoms with Gasteiger partial charge in [-0.1, -0.05) is 6.92 Å². The van der Waals surface area contributed by atoms with Crippen LogP contribution in [0.15, 0.2) is 18.2 Å². The molecule has 1 heterocycles. The second kappa shape index (κ2) is 13.2. The molecule has 1 aromatic carbocycles. The van der Waals surface area contributed by atoms with Crippen molar-refractivity contribution in [3.8, 4) is 11.5 Å². The number of methoxy groups -OCH3 is 2. The summed E-state index contributed by atoms with van der Waals surface area (Å²) in [5.74, 6) is 1.63. The molecule has 2 atom stereocenters. The van der Waals surface area contributed by atoms with E-state index >= 15 is 0 Å². The first-order valence-corrected chi connectivity index (χ1v) is 14.5. The van der Waals surface area contributed by atoms with Gasteiger partial charge >= 0.3 is 6.09 Å². The molecule has 1 N–H and O–H groups in total. The lowest BCUT2D eigenvalue weighted by Crippen LogP contribution is -2.45. The van der Waals surface area contributed by atoms with Crippen molar-refractivity contribution in [3.05, 3.63) is 23.8 Å². The monoisotopic (exact) mass is 545 g/mol. The van der Waals surface area contributed by atoms with Crippen LogP contribution in [0.25, 0.3) is 0 Å². The fraction of sp³-hybridized carbons (Fsp3) is 0.733. The number of hydrogen-bond acceptors (Lipinski definition) is 7. The molecule has 9 heteroatoms. The van der Waals surface area contributed by atoms with Crippen LogP contribution in [0.3, 0.4) is 0 Å². The number of amides is 2. The van der Waals surface area contributed by atoms with E-state index in [0.29, 0.717) is 50.0 Å². The predicted molar refractivity (Wildman–Crippen MR) is 149 cm³/mol. The number of benzene rings is 1. The Labute approximate surface area is 233 Å². The Morgan fingerprint density at radius 2 is 1.77 bits per heavy atom. The molecule has 3 aliphatic rings. The molecular weight excluding hydrogens is 498 g/mol. The molecule has 1 aliphatic heterocycles. The third-order valence-electron chi connectivity index (χ3n) is 8.26. The largest absolute Gasteiger partial charge is 0.493 e. The van der Waals surface area contributed by atoms with E-state index in [1.807, 2.05) is 23.6 Å². The van der Waals surface area contributed by atoms with Crippen molar-refractivity contribution in [2.24, 2.45) is 17.3 Å². The quantitative estimate of drug-likeness (QED) is 0.331. The van der Waals surface area contributed by atoms with Gasteiger partial charge in [0.1, 0.15) is 0 Å². The highest BCUT2D eigenvalue weighted by molar-refractivity contribution is 5.95. The van der Waals surface area contributed by atoms with Gasteiger partial charge in [-0.25, -0.2) is 4.79 Å². The van der Waals surface area contributed by atoms with Crippen molar-refractivity contribution in [1.82, 2.24) is 15.1 Å². The Balaban J connectivity index is 1.40. The summed E-state index contributed by atoms with van der Waals surface area (Å²) in [5, 5.41) is 3.51. The van der Waals surface area contributed by atoms with Crippen molar-refractivity contribution in [1.29, 1.82) is 0 Å². The SMILES string of the molecule is COCCCOc1cc(C(=O)N(C[C@@H]2CNC[C@H]2CN(C(=O)OCC2(C)CC2)C2CC2)C(C)C)ccc1OC. The lowest BCUT2D eigenvalue weighted by atomic mass is 9.94. The first kappa shape index (κ1) is 29.5. The highest BCUT2D eigenvalue weighted by Gasteiger charge is 2.42. The lowest BCUT2D eigenvalue weighted by Gasteiger charge is -2.33. The molecule has 2 aliphatic carbocycles. The van der Waals surface area contributed by atoms with E-state index in [2.05, 4.69) is 12.2 Å². The van der Waals surface area contributed by atoms with Gasteiger partial charge in [0, 0.05) is 69.4 Å². The van der Waals surface area contributed by atoms with Gasteiger partial charge in [0.2, 0.25) is 0 Å². The van der Waals surface area contributed by atoms with Gasteiger partial charge < -0.3 is 34.1 Å². The zero-order chi connectivity index (χ0) is 28.0. The van der Waals surface area contributed by atoms with Crippen LogP contribution in [0, 0.1) is 17.3 Å². The molecule has 0 bridgehead atoms. The third-order valence-corrected chi connectivity index (χ3v) is 8.26. The first-order valence-electron chi connectivity index (χ1n) is 14.5. The minimum absolute atomic E-state index is 0.0238. The fourth-order valence-corrected chi connectivity index (χ4v) is 5.16. The van der Waals surface area contributed by atoms with Gasteiger partial charge in [-0.3, -0.25) is 4.79 Å². The van der Waals surface area contributed by atoms with Gasteiger partial charge in [-0.15, -0.1) is 0 Å². The number of nitrogens with one attached hydrogen (secondary N) is 1. The minimum atomic E-state index is -0.177. The third kappa shape index (κ3) is 8.01. The number of carbonyl (C=O) groups is 2. The summed E-state index contributed by atoms with van der Waals surface area (Å²) < 4.78 is 22.2. The van der Waals surface area contributed by atoms with Crippen LogP contribution in [-0.4, -0.2) is 94.1 Å². The molecule has 218 valence electrons. The second-order valence-electron chi connectivity index (χ2n) is 12.0. The maximum atomic E-state index is 13.7. The van der Waals surface area contributed by atoms with Crippen LogP contribution in [0.2, 0.25) is 0 Å². The molecule has 0 spiro atoms. The first-order chi connectivity index (χ1) is 18.7. The highest BCUT2D eigenvalue weighted by Crippen LogP contribution is 2.45. The molecule has 0 aromatic heterocycles. The standard InChI is InChI=1S/C30H47N3O6/c1-21(2)32(28(34)22-7-10-26(37-5)27(15-22)38-14-6-13-36-4)18-23-16-31-17-24(23)19-33(25-8-9-25)29(35)39-20-30(3)11-12-30/h7,10,15,21,23-25,31H,6,8-9,11-14,16-20H2,1-5H3/t23-,24-/m0/s1. The summed E-state index contributed by atoms with van der Waals surface area (Å²) in [4.78, 5) is 30.6. The maximum Gasteiger partial charge on any atom is 0.410 e. The molecule has 9 nitrogen and oxygen atoms in total. The molecule has 4 rings (SSSR count). The van der Waals surface area contributed by atoms with E-state index in [1.165, 1.54) is 0 Å². The van der Waals surface area contributed by atoms with Gasteiger partial charge in [-0.2, -0.15) is 0 Å².